The van der Waals surface area contributed by atoms with Crippen molar-refractivity contribution in [3.63, 3.8) is 0 Å². The second-order valence-corrected chi connectivity index (χ2v) is 22.0. The first-order valence-corrected chi connectivity index (χ1v) is 30.3. The van der Waals surface area contributed by atoms with Crippen molar-refractivity contribution in [1.29, 1.82) is 0 Å². The van der Waals surface area contributed by atoms with Crippen molar-refractivity contribution in [2.75, 3.05) is 40.9 Å². The van der Waals surface area contributed by atoms with Gasteiger partial charge in [-0.1, -0.05) is 254 Å². The van der Waals surface area contributed by atoms with Gasteiger partial charge in [0.1, 0.15) is 13.2 Å². The van der Waals surface area contributed by atoms with E-state index in [1.165, 1.54) is 167 Å². The van der Waals surface area contributed by atoms with Gasteiger partial charge in [0, 0.05) is 6.42 Å². The molecular weight excluding hydrogens is 876 g/mol. The van der Waals surface area contributed by atoms with Crippen molar-refractivity contribution in [1.82, 2.24) is 5.32 Å². The van der Waals surface area contributed by atoms with Gasteiger partial charge in [0.2, 0.25) is 5.91 Å². The molecule has 8 nitrogen and oxygen atoms in total. The summed E-state index contributed by atoms with van der Waals surface area (Å²) in [6, 6.07) is -0.900. The molecule has 0 spiro atoms. The maximum absolute atomic E-state index is 12.9. The van der Waals surface area contributed by atoms with Crippen LogP contribution in [0.4, 0.5) is 0 Å². The molecule has 0 fully saturated rings. The van der Waals surface area contributed by atoms with Crippen LogP contribution in [0.1, 0.15) is 251 Å². The van der Waals surface area contributed by atoms with Gasteiger partial charge in [-0.3, -0.25) is 9.36 Å². The summed E-state index contributed by atoms with van der Waals surface area (Å²) < 4.78 is 23.2. The van der Waals surface area contributed by atoms with Crippen molar-refractivity contribution < 1.29 is 32.9 Å². The minimum absolute atomic E-state index is 0.00695. The number of hydrogen-bond acceptors (Lipinski definition) is 6. The number of carbonyl (C=O) groups is 1. The first-order chi connectivity index (χ1) is 33.5. The molecule has 0 aromatic carbocycles. The Labute approximate surface area is 427 Å². The zero-order valence-corrected chi connectivity index (χ0v) is 46.6. The summed E-state index contributed by atoms with van der Waals surface area (Å²) in [5.41, 5.74) is 0. The van der Waals surface area contributed by atoms with Crippen molar-refractivity contribution >= 4 is 13.7 Å². The second kappa shape index (κ2) is 50.9. The average Bonchev–Trinajstić information content (AvgIpc) is 3.31. The number of unbranched alkanes of at least 4 members (excludes halogenated alkanes) is 29. The second-order valence-electron chi connectivity index (χ2n) is 20.6. The lowest BCUT2D eigenvalue weighted by atomic mass is 10.0. The zero-order chi connectivity index (χ0) is 50.6. The molecule has 2 N–H and O–H groups in total. The highest BCUT2D eigenvalue weighted by Gasteiger charge is 2.23. The number of rotatable bonds is 52. The summed E-state index contributed by atoms with van der Waals surface area (Å²) >= 11 is 0. The standard InChI is InChI=1S/C60H111N2O6P/c1-6-8-10-12-14-16-17-18-19-20-21-22-23-24-25-26-27-28-29-30-31-32-33-34-35-36-37-38-39-40-41-42-43-44-45-46-48-50-52-54-60(64)61-58(57-68-69(65,66)67-56-55-62(3,4)5)59(63)53-51-49-47-15-13-11-9-7-2/h8,10,13-16,18-19,21-22,51,53,58-59,63H,6-7,9,11-12,17,20,23-50,52,54-57H2,1-5H3,(H-,61,64,65,66)/b10-8-,15-13+,16-14-,19-18-,22-21-,53-51+. The van der Waals surface area contributed by atoms with Crippen LogP contribution in [0.5, 0.6) is 0 Å². The van der Waals surface area contributed by atoms with Gasteiger partial charge in [-0.15, -0.1) is 0 Å². The van der Waals surface area contributed by atoms with Crippen molar-refractivity contribution in [3.8, 4) is 0 Å². The fourth-order valence-electron chi connectivity index (χ4n) is 8.15. The lowest BCUT2D eigenvalue weighted by Gasteiger charge is -2.29. The third-order valence-corrected chi connectivity index (χ3v) is 13.6. The molecule has 0 radical (unpaired) electrons. The van der Waals surface area contributed by atoms with Crippen LogP contribution in [-0.2, 0) is 18.4 Å². The van der Waals surface area contributed by atoms with E-state index in [-0.39, 0.29) is 12.5 Å². The molecule has 3 unspecified atom stereocenters. The van der Waals surface area contributed by atoms with Crippen molar-refractivity contribution in [2.24, 2.45) is 0 Å². The Morgan fingerprint density at radius 3 is 1.35 bits per heavy atom. The van der Waals surface area contributed by atoms with Crippen LogP contribution in [-0.4, -0.2) is 68.5 Å². The topological polar surface area (TPSA) is 108 Å². The number of likely N-dealkylation sites (N-methyl/N-ethyl adjacent to an activating group) is 1. The fourth-order valence-corrected chi connectivity index (χ4v) is 8.87. The molecule has 0 saturated heterocycles. The molecule has 69 heavy (non-hydrogen) atoms. The van der Waals surface area contributed by atoms with Gasteiger partial charge in [0.25, 0.3) is 7.82 Å². The van der Waals surface area contributed by atoms with Gasteiger partial charge in [0.15, 0.2) is 0 Å². The van der Waals surface area contributed by atoms with Gasteiger partial charge in [-0.2, -0.15) is 0 Å². The summed E-state index contributed by atoms with van der Waals surface area (Å²) in [7, 11) is 1.24. The molecule has 9 heteroatoms. The van der Waals surface area contributed by atoms with E-state index in [1.807, 2.05) is 27.2 Å². The molecule has 0 bridgehead atoms. The lowest BCUT2D eigenvalue weighted by Crippen LogP contribution is -2.45. The SMILES string of the molecule is CC/C=C\C/C=C\C/C=C\C/C=C\CCCCCCCCCCCCCCCCCCCCCCCCCCCCC(=O)NC(COP(=O)([O-])OCC[N+](C)(C)C)C(O)/C=C/CC/C=C/CCCC. The number of amides is 1. The first-order valence-electron chi connectivity index (χ1n) is 28.8. The van der Waals surface area contributed by atoms with E-state index in [2.05, 4.69) is 79.9 Å². The quantitative estimate of drug-likeness (QED) is 0.0272. The third-order valence-electron chi connectivity index (χ3n) is 12.7. The maximum Gasteiger partial charge on any atom is 0.268 e. The van der Waals surface area contributed by atoms with E-state index in [9.17, 15) is 19.4 Å². The van der Waals surface area contributed by atoms with E-state index in [0.717, 1.165) is 64.2 Å². The molecule has 0 aliphatic carbocycles. The number of allylic oxidation sites excluding steroid dienone is 11. The number of phosphoric acid groups is 1. The summed E-state index contributed by atoms with van der Waals surface area (Å²) in [6.45, 7) is 4.44. The van der Waals surface area contributed by atoms with Crippen LogP contribution in [0.3, 0.4) is 0 Å². The molecule has 0 aromatic heterocycles. The minimum atomic E-state index is -4.59. The number of aliphatic hydroxyl groups excluding tert-OH is 1. The van der Waals surface area contributed by atoms with Gasteiger partial charge >= 0.3 is 0 Å². The number of nitrogens with zero attached hydrogens (tertiary/aromatic N) is 1. The van der Waals surface area contributed by atoms with Gasteiger partial charge in [-0.25, -0.2) is 0 Å². The predicted octanol–water partition coefficient (Wildman–Crippen LogP) is 16.9. The highest BCUT2D eigenvalue weighted by Crippen LogP contribution is 2.38. The maximum atomic E-state index is 12.9. The Kier molecular flexibility index (Phi) is 49.3. The van der Waals surface area contributed by atoms with Crippen molar-refractivity contribution in [2.45, 2.75) is 264 Å². The number of hydrogen-bond donors (Lipinski definition) is 2. The molecular formula is C60H111N2O6P. The van der Waals surface area contributed by atoms with Gasteiger partial charge < -0.3 is 28.8 Å². The highest BCUT2D eigenvalue weighted by atomic mass is 31.2. The molecule has 402 valence electrons. The molecule has 0 saturated carbocycles. The Bertz CT molecular complexity index is 1350. The molecule has 0 rings (SSSR count). The van der Waals surface area contributed by atoms with Crippen LogP contribution < -0.4 is 10.2 Å². The molecule has 0 aliphatic heterocycles. The summed E-state index contributed by atoms with van der Waals surface area (Å²) in [6.07, 6.45) is 70.4. The van der Waals surface area contributed by atoms with Crippen LogP contribution >= 0.6 is 7.82 Å². The lowest BCUT2D eigenvalue weighted by molar-refractivity contribution is -0.870. The van der Waals surface area contributed by atoms with E-state index in [1.54, 1.807) is 6.08 Å². The third kappa shape index (κ3) is 53.6. The normalized spacial score (nSPS) is 14.5. The Morgan fingerprint density at radius 1 is 0.522 bits per heavy atom. The van der Waals surface area contributed by atoms with Gasteiger partial charge in [-0.05, 0) is 64.2 Å². The Hall–Kier alpha value is -2.06. The van der Waals surface area contributed by atoms with Gasteiger partial charge in [0.05, 0.1) is 39.9 Å². The summed E-state index contributed by atoms with van der Waals surface area (Å²) in [5.74, 6) is -0.209. The zero-order valence-electron chi connectivity index (χ0n) is 45.8. The monoisotopic (exact) mass is 987 g/mol. The molecule has 0 aromatic rings. The van der Waals surface area contributed by atoms with E-state index >= 15 is 0 Å². The smallest absolute Gasteiger partial charge is 0.268 e. The Balaban J connectivity index is 3.79. The first kappa shape index (κ1) is 66.9. The largest absolute Gasteiger partial charge is 0.756 e. The van der Waals surface area contributed by atoms with Crippen LogP contribution in [0.25, 0.3) is 0 Å². The fraction of sp³-hybridized carbons (Fsp3) is 0.783. The molecule has 0 heterocycles. The van der Waals surface area contributed by atoms with Crippen LogP contribution in [0, 0.1) is 0 Å². The predicted molar refractivity (Wildman–Crippen MR) is 297 cm³/mol. The van der Waals surface area contributed by atoms with E-state index < -0.39 is 26.6 Å². The minimum Gasteiger partial charge on any atom is -0.756 e. The number of nitrogens with one attached hydrogen (secondary N) is 1. The summed E-state index contributed by atoms with van der Waals surface area (Å²) in [5, 5.41) is 13.7. The number of carbonyl (C=O) groups excluding carboxylic acids is 1. The summed E-state index contributed by atoms with van der Waals surface area (Å²) in [4.78, 5) is 25.3. The molecule has 1 amide bonds. The van der Waals surface area contributed by atoms with Crippen LogP contribution in [0.2, 0.25) is 0 Å². The average molecular weight is 988 g/mol. The molecule has 3 atom stereocenters. The number of aliphatic hydroxyl groups is 1. The number of phosphoric ester groups is 1. The van der Waals surface area contributed by atoms with Crippen molar-refractivity contribution in [3.05, 3.63) is 72.9 Å². The molecule has 0 aliphatic rings. The number of quaternary nitrogens is 1. The van der Waals surface area contributed by atoms with E-state index in [4.69, 9.17) is 9.05 Å². The van der Waals surface area contributed by atoms with Crippen LogP contribution in [0.15, 0.2) is 72.9 Å². The Morgan fingerprint density at radius 2 is 0.899 bits per heavy atom. The highest BCUT2D eigenvalue weighted by molar-refractivity contribution is 7.45. The van der Waals surface area contributed by atoms with E-state index in [0.29, 0.717) is 17.4 Å².